The number of rotatable bonds is 11. The van der Waals surface area contributed by atoms with E-state index in [2.05, 4.69) is 40.7 Å². The standard InChI is InChI=1S/C33H46N2O3/c1-7-9-10-12-27-31(33(36)38-29-19-22(5)13-18-25(29)21(3)4)26(11-8-2)30(28(20-34)32(27)35)23-14-16-24(37-6)17-15-23/h14-17,21-22,25,29H,7-13,18-19,35H2,1-6H3/t22-,25+,29-/m1/s1. The summed E-state index contributed by atoms with van der Waals surface area (Å²) in [5.74, 6) is 1.78. The fourth-order valence-electron chi connectivity index (χ4n) is 6.08. The third-order valence-electron chi connectivity index (χ3n) is 8.19. The molecule has 2 N–H and O–H groups in total. The molecule has 0 radical (unpaired) electrons. The van der Waals surface area contributed by atoms with Gasteiger partial charge in [-0.2, -0.15) is 5.26 Å². The molecule has 3 atom stereocenters. The molecule has 0 amide bonds. The van der Waals surface area contributed by atoms with Gasteiger partial charge in [0, 0.05) is 5.56 Å². The van der Waals surface area contributed by atoms with Crippen LogP contribution in [0.15, 0.2) is 24.3 Å². The van der Waals surface area contributed by atoms with E-state index in [0.29, 0.717) is 47.4 Å². The first-order valence-corrected chi connectivity index (χ1v) is 14.5. The molecule has 1 aliphatic carbocycles. The van der Waals surface area contributed by atoms with E-state index in [0.717, 1.165) is 66.5 Å². The zero-order valence-corrected chi connectivity index (χ0v) is 24.2. The van der Waals surface area contributed by atoms with Crippen LogP contribution in [0.4, 0.5) is 5.69 Å². The number of benzene rings is 2. The highest BCUT2D eigenvalue weighted by Gasteiger charge is 2.35. The molecular weight excluding hydrogens is 472 g/mol. The largest absolute Gasteiger partial charge is 0.497 e. The SMILES string of the molecule is CCCCCc1c(N)c(C#N)c(-c2ccc(OC)cc2)c(CCC)c1C(=O)O[C@@H]1C[C@H](C)CC[C@H]1C(C)C. The molecule has 0 heterocycles. The van der Waals surface area contributed by atoms with Crippen molar-refractivity contribution in [3.8, 4) is 22.9 Å². The summed E-state index contributed by atoms with van der Waals surface area (Å²) in [6, 6.07) is 10.0. The number of hydrogen-bond donors (Lipinski definition) is 1. The van der Waals surface area contributed by atoms with E-state index >= 15 is 0 Å². The van der Waals surface area contributed by atoms with Gasteiger partial charge in [0.2, 0.25) is 0 Å². The Morgan fingerprint density at radius 3 is 2.37 bits per heavy atom. The number of unbranched alkanes of at least 4 members (excludes halogenated alkanes) is 2. The Kier molecular flexibility index (Phi) is 10.6. The second-order valence-electron chi connectivity index (χ2n) is 11.3. The summed E-state index contributed by atoms with van der Waals surface area (Å²) in [4.78, 5) is 14.2. The molecule has 0 bridgehead atoms. The molecule has 38 heavy (non-hydrogen) atoms. The number of nitrogens with zero attached hydrogens (tertiary/aromatic N) is 1. The molecule has 0 unspecified atom stereocenters. The Morgan fingerprint density at radius 2 is 1.79 bits per heavy atom. The number of methoxy groups -OCH3 is 1. The monoisotopic (exact) mass is 518 g/mol. The van der Waals surface area contributed by atoms with E-state index in [9.17, 15) is 10.1 Å². The van der Waals surface area contributed by atoms with Gasteiger partial charge in [0.25, 0.3) is 0 Å². The minimum Gasteiger partial charge on any atom is -0.497 e. The second-order valence-corrected chi connectivity index (χ2v) is 11.3. The van der Waals surface area contributed by atoms with Crippen LogP contribution in [-0.2, 0) is 17.6 Å². The Hall–Kier alpha value is -3.00. The van der Waals surface area contributed by atoms with Gasteiger partial charge in [0.1, 0.15) is 17.9 Å². The summed E-state index contributed by atoms with van der Waals surface area (Å²) in [5, 5.41) is 10.3. The zero-order chi connectivity index (χ0) is 27.8. The van der Waals surface area contributed by atoms with E-state index in [1.807, 2.05) is 24.3 Å². The van der Waals surface area contributed by atoms with Gasteiger partial charge < -0.3 is 15.2 Å². The first-order valence-electron chi connectivity index (χ1n) is 14.5. The molecule has 1 fully saturated rings. The smallest absolute Gasteiger partial charge is 0.339 e. The fraction of sp³-hybridized carbons (Fsp3) is 0.576. The number of nitriles is 1. The van der Waals surface area contributed by atoms with Gasteiger partial charge in [0.05, 0.1) is 23.9 Å². The molecule has 0 saturated heterocycles. The number of anilines is 1. The molecule has 2 aromatic carbocycles. The van der Waals surface area contributed by atoms with Gasteiger partial charge in [-0.3, -0.25) is 0 Å². The topological polar surface area (TPSA) is 85.3 Å². The van der Waals surface area contributed by atoms with Crippen LogP contribution in [0.2, 0.25) is 0 Å². The number of nitrogens with two attached hydrogens (primary N) is 1. The summed E-state index contributed by atoms with van der Waals surface area (Å²) in [6.45, 7) is 11.0. The summed E-state index contributed by atoms with van der Waals surface area (Å²) in [7, 11) is 1.63. The quantitative estimate of drug-likeness (QED) is 0.184. The van der Waals surface area contributed by atoms with Gasteiger partial charge in [-0.1, -0.05) is 72.4 Å². The van der Waals surface area contributed by atoms with E-state index in [1.165, 1.54) is 6.42 Å². The van der Waals surface area contributed by atoms with Crippen molar-refractivity contribution in [2.24, 2.45) is 17.8 Å². The molecular formula is C33H46N2O3. The average Bonchev–Trinajstić information content (AvgIpc) is 2.90. The third kappa shape index (κ3) is 6.52. The van der Waals surface area contributed by atoms with Gasteiger partial charge in [-0.25, -0.2) is 4.79 Å². The number of ether oxygens (including phenoxy) is 2. The maximum atomic E-state index is 14.2. The molecule has 5 heteroatoms. The van der Waals surface area contributed by atoms with Crippen molar-refractivity contribution in [3.05, 3.63) is 46.5 Å². The van der Waals surface area contributed by atoms with Crippen LogP contribution >= 0.6 is 0 Å². The van der Waals surface area contributed by atoms with Crippen LogP contribution in [0.25, 0.3) is 11.1 Å². The third-order valence-corrected chi connectivity index (χ3v) is 8.19. The van der Waals surface area contributed by atoms with E-state index in [-0.39, 0.29) is 12.1 Å². The lowest BCUT2D eigenvalue weighted by Gasteiger charge is -2.37. The lowest BCUT2D eigenvalue weighted by Crippen LogP contribution is -2.36. The number of esters is 1. The van der Waals surface area contributed by atoms with Gasteiger partial charge in [-0.05, 0) is 78.7 Å². The predicted octanol–water partition coefficient (Wildman–Crippen LogP) is 8.12. The van der Waals surface area contributed by atoms with E-state index < -0.39 is 0 Å². The predicted molar refractivity (Wildman–Crippen MR) is 155 cm³/mol. The van der Waals surface area contributed by atoms with E-state index in [1.54, 1.807) is 7.11 Å². The molecule has 1 aliphatic rings. The van der Waals surface area contributed by atoms with Crippen molar-refractivity contribution >= 4 is 11.7 Å². The normalized spacial score (nSPS) is 19.3. The van der Waals surface area contributed by atoms with Crippen LogP contribution in [0.5, 0.6) is 5.75 Å². The molecule has 2 aromatic rings. The van der Waals surface area contributed by atoms with Crippen molar-refractivity contribution in [2.75, 3.05) is 12.8 Å². The fourth-order valence-corrected chi connectivity index (χ4v) is 6.08. The molecule has 0 aromatic heterocycles. The number of nitrogen functional groups attached to an aromatic ring is 1. The molecule has 0 spiro atoms. The molecule has 3 rings (SSSR count). The minimum absolute atomic E-state index is 0.106. The first kappa shape index (κ1) is 29.6. The van der Waals surface area contributed by atoms with Crippen molar-refractivity contribution in [1.29, 1.82) is 5.26 Å². The summed E-state index contributed by atoms with van der Waals surface area (Å²) in [6.07, 6.45) is 8.20. The Balaban J connectivity index is 2.22. The van der Waals surface area contributed by atoms with Crippen molar-refractivity contribution < 1.29 is 14.3 Å². The first-order chi connectivity index (χ1) is 18.3. The Bertz CT molecular complexity index is 1130. The van der Waals surface area contributed by atoms with Crippen molar-refractivity contribution in [3.63, 3.8) is 0 Å². The van der Waals surface area contributed by atoms with Crippen LogP contribution < -0.4 is 10.5 Å². The van der Waals surface area contributed by atoms with Crippen LogP contribution in [0, 0.1) is 29.1 Å². The molecule has 0 aliphatic heterocycles. The molecule has 206 valence electrons. The molecule has 1 saturated carbocycles. The Labute approximate surface area is 229 Å². The summed E-state index contributed by atoms with van der Waals surface area (Å²) < 4.78 is 11.8. The number of carbonyl (C=O) groups is 1. The lowest BCUT2D eigenvalue weighted by molar-refractivity contribution is -0.0175. The molecule has 5 nitrogen and oxygen atoms in total. The number of carbonyl (C=O) groups excluding carboxylic acids is 1. The number of hydrogen-bond acceptors (Lipinski definition) is 5. The summed E-state index contributed by atoms with van der Waals surface area (Å²) >= 11 is 0. The van der Waals surface area contributed by atoms with Gasteiger partial charge in [-0.15, -0.1) is 0 Å². The highest BCUT2D eigenvalue weighted by molar-refractivity contribution is 5.99. The van der Waals surface area contributed by atoms with E-state index in [4.69, 9.17) is 15.2 Å². The Morgan fingerprint density at radius 1 is 1.08 bits per heavy atom. The summed E-state index contributed by atoms with van der Waals surface area (Å²) in [5.41, 5.74) is 11.5. The van der Waals surface area contributed by atoms with Crippen molar-refractivity contribution in [1.82, 2.24) is 0 Å². The van der Waals surface area contributed by atoms with Crippen LogP contribution in [-0.4, -0.2) is 19.2 Å². The zero-order valence-electron chi connectivity index (χ0n) is 24.2. The highest BCUT2D eigenvalue weighted by Crippen LogP contribution is 2.41. The lowest BCUT2D eigenvalue weighted by atomic mass is 9.75. The van der Waals surface area contributed by atoms with Crippen LogP contribution in [0.1, 0.15) is 107 Å². The highest BCUT2D eigenvalue weighted by atomic mass is 16.5. The van der Waals surface area contributed by atoms with Crippen LogP contribution in [0.3, 0.4) is 0 Å². The van der Waals surface area contributed by atoms with Gasteiger partial charge >= 0.3 is 5.97 Å². The average molecular weight is 519 g/mol. The maximum absolute atomic E-state index is 14.2. The van der Waals surface area contributed by atoms with Crippen molar-refractivity contribution in [2.45, 2.75) is 98.5 Å². The minimum atomic E-state index is -0.282. The second kappa shape index (κ2) is 13.7. The maximum Gasteiger partial charge on any atom is 0.339 e. The van der Waals surface area contributed by atoms with Gasteiger partial charge in [0.15, 0.2) is 0 Å².